The van der Waals surface area contributed by atoms with Gasteiger partial charge < -0.3 is 14.7 Å². The minimum atomic E-state index is -5.12. The van der Waals surface area contributed by atoms with Crippen molar-refractivity contribution in [3.63, 3.8) is 0 Å². The van der Waals surface area contributed by atoms with Gasteiger partial charge in [0.2, 0.25) is 0 Å². The van der Waals surface area contributed by atoms with E-state index in [1.54, 1.807) is 6.08 Å². The van der Waals surface area contributed by atoms with Gasteiger partial charge in [-0.1, -0.05) is 221 Å². The molecule has 0 heterocycles. The molecular formula is C95H156O7P2. The van der Waals surface area contributed by atoms with E-state index in [1.165, 1.54) is 132 Å². The molecule has 0 aliphatic heterocycles. The maximum Gasteiger partial charge on any atom is 0.481 e. The molecule has 0 aromatic carbocycles. The van der Waals surface area contributed by atoms with Gasteiger partial charge in [-0.2, -0.15) is 4.31 Å². The Morgan fingerprint density at radius 1 is 0.202 bits per heavy atom. The predicted molar refractivity (Wildman–Crippen MR) is 462 cm³/mol. The van der Waals surface area contributed by atoms with Crippen LogP contribution in [0, 0.1) is 0 Å². The van der Waals surface area contributed by atoms with E-state index in [0.717, 1.165) is 205 Å². The monoisotopic (exact) mass is 1470 g/mol. The van der Waals surface area contributed by atoms with Gasteiger partial charge in [0, 0.05) is 0 Å². The Kier molecular flexibility index (Phi) is 59.4. The van der Waals surface area contributed by atoms with E-state index in [4.69, 9.17) is 9.79 Å². The summed E-state index contributed by atoms with van der Waals surface area (Å²) in [6, 6.07) is 0. The van der Waals surface area contributed by atoms with Crippen LogP contribution >= 0.6 is 15.6 Å². The molecule has 9 heteroatoms. The molecule has 0 spiro atoms. The third-order valence-electron chi connectivity index (χ3n) is 19.5. The Balaban J connectivity index is 4.37. The van der Waals surface area contributed by atoms with Crippen LogP contribution in [0.5, 0.6) is 0 Å². The summed E-state index contributed by atoms with van der Waals surface area (Å²) in [4.78, 5) is 26.8. The standard InChI is InChI=1S/C95H156O7P2/c1-77(2)39-21-40-78(3)41-22-42-79(4)43-23-44-80(5)45-24-46-81(6)47-25-48-82(7)49-26-50-83(8)51-27-52-84(9)53-28-54-85(10)55-29-56-86(11)57-30-58-87(12)59-31-60-88(13)61-32-62-89(14)63-33-64-90(15)65-34-66-91(16)67-35-68-92(17)69-36-70-93(18)71-37-72-94(19)73-38-74-95(20)75-76-101-104(99,100)102-103(96,97)98/h39,41,43,45,47,49,51,53,55,57,59,61,63,65,67,69,71,73,75H,21-38,40,42,44,46,48,50,52,54,56,58,60,62,64,66,68,70,72,74,76H2,1-20H3,(H,99,100)(H2,96,97,98)/b78-41+,79-43+,80-45+,81-47+,82-49+,83-51+,84-53+,85-55+,86-57+,87-59+,88-61+,89-63+,90-65+,91-67+,92-69+,93-71+,94-73+,95-75+. The lowest BCUT2D eigenvalue weighted by Crippen LogP contribution is -1.94. The van der Waals surface area contributed by atoms with E-state index in [1.807, 2.05) is 6.92 Å². The summed E-state index contributed by atoms with van der Waals surface area (Å²) in [5.74, 6) is 0. The molecule has 0 aromatic heterocycles. The molecule has 7 nitrogen and oxygen atoms in total. The molecule has 1 atom stereocenters. The largest absolute Gasteiger partial charge is 0.481 e. The van der Waals surface area contributed by atoms with Crippen molar-refractivity contribution in [3.05, 3.63) is 221 Å². The van der Waals surface area contributed by atoms with Gasteiger partial charge in [0.1, 0.15) is 0 Å². The topological polar surface area (TPSA) is 113 Å². The number of hydrogen-bond acceptors (Lipinski definition) is 4. The zero-order valence-corrected chi connectivity index (χ0v) is 72.3. The van der Waals surface area contributed by atoms with Gasteiger partial charge >= 0.3 is 15.6 Å². The minimum Gasteiger partial charge on any atom is -0.302 e. The molecule has 0 saturated carbocycles. The quantitative estimate of drug-likeness (QED) is 0.0411. The number of rotatable bonds is 59. The van der Waals surface area contributed by atoms with Crippen LogP contribution in [-0.4, -0.2) is 21.3 Å². The first-order valence-electron chi connectivity index (χ1n) is 40.4. The molecular weight excluding hydrogens is 1310 g/mol. The molecule has 0 aromatic rings. The molecule has 104 heavy (non-hydrogen) atoms. The molecule has 0 aliphatic rings. The summed E-state index contributed by atoms with van der Waals surface area (Å²) >= 11 is 0. The van der Waals surface area contributed by atoms with Crippen molar-refractivity contribution < 1.29 is 32.6 Å². The first-order valence-corrected chi connectivity index (χ1v) is 43.4. The number of phosphoric acid groups is 2. The molecule has 0 amide bonds. The Labute approximate surface area is 642 Å². The summed E-state index contributed by atoms with van der Waals surface area (Å²) in [7, 11) is -9.94. The van der Waals surface area contributed by atoms with Gasteiger partial charge in [0.05, 0.1) is 6.61 Å². The van der Waals surface area contributed by atoms with Crippen LogP contribution in [0.25, 0.3) is 0 Å². The lowest BCUT2D eigenvalue weighted by atomic mass is 10.0. The third-order valence-corrected chi connectivity index (χ3v) is 21.7. The van der Waals surface area contributed by atoms with E-state index in [2.05, 4.69) is 250 Å². The van der Waals surface area contributed by atoms with Gasteiger partial charge in [-0.3, -0.25) is 4.52 Å². The zero-order chi connectivity index (χ0) is 78.0. The van der Waals surface area contributed by atoms with Crippen LogP contribution in [-0.2, 0) is 18.0 Å². The lowest BCUT2D eigenvalue weighted by molar-refractivity contribution is 0.191. The van der Waals surface area contributed by atoms with E-state index < -0.39 is 15.6 Å². The molecule has 0 saturated heterocycles. The highest BCUT2D eigenvalue weighted by molar-refractivity contribution is 7.60. The van der Waals surface area contributed by atoms with Crippen molar-refractivity contribution in [1.29, 1.82) is 0 Å². The zero-order valence-electron chi connectivity index (χ0n) is 70.5. The highest BCUT2D eigenvalue weighted by Gasteiger charge is 2.32. The molecule has 0 aliphatic carbocycles. The SMILES string of the molecule is CC(C)=CCC/C(C)=C/CC/C(C)=C/CC/C(C)=C/CC/C(C)=C/CC/C(C)=C/CC/C(C)=C/CC/C(C)=C/CC/C(C)=C/CC/C(C)=C/CC/C(C)=C/CC/C(C)=C/CC/C(C)=C/CC/C(C)=C/CC/C(C)=C/CC/C(C)=C/CC/C(C)=C/CC/C(C)=C/CC/C(C)=C/COP(=O)(O)OP(=O)(O)O. The second-order valence-electron chi connectivity index (χ2n) is 31.2. The first-order chi connectivity index (χ1) is 49.2. The number of phosphoric ester groups is 1. The smallest absolute Gasteiger partial charge is 0.302 e. The van der Waals surface area contributed by atoms with Gasteiger partial charge in [-0.25, -0.2) is 9.13 Å². The summed E-state index contributed by atoms with van der Waals surface area (Å²) in [6.45, 7) is 44.8. The van der Waals surface area contributed by atoms with Crippen LogP contribution in [0.1, 0.15) is 370 Å². The van der Waals surface area contributed by atoms with Crippen molar-refractivity contribution in [2.75, 3.05) is 6.61 Å². The fourth-order valence-corrected chi connectivity index (χ4v) is 13.7. The van der Waals surface area contributed by atoms with Crippen LogP contribution in [0.2, 0.25) is 0 Å². The second-order valence-corrected chi connectivity index (χ2v) is 34.1. The average Bonchev–Trinajstić information content (AvgIpc) is 0.886. The van der Waals surface area contributed by atoms with Crippen molar-refractivity contribution in [3.8, 4) is 0 Å². The van der Waals surface area contributed by atoms with Gasteiger partial charge in [0.15, 0.2) is 0 Å². The fourth-order valence-electron chi connectivity index (χ4n) is 12.1. The second kappa shape index (κ2) is 62.2. The summed E-state index contributed by atoms with van der Waals surface area (Å²) in [6.07, 6.45) is 85.5. The van der Waals surface area contributed by atoms with Gasteiger partial charge in [-0.05, 0) is 370 Å². The lowest BCUT2D eigenvalue weighted by Gasteiger charge is -2.11. The molecule has 3 N–H and O–H groups in total. The van der Waals surface area contributed by atoms with Crippen LogP contribution < -0.4 is 0 Å². The molecule has 0 bridgehead atoms. The number of allylic oxidation sites excluding steroid dienone is 37. The minimum absolute atomic E-state index is 0.276. The first kappa shape index (κ1) is 99.3. The summed E-state index contributed by atoms with van der Waals surface area (Å²) < 4.78 is 30.8. The summed E-state index contributed by atoms with van der Waals surface area (Å²) in [5.41, 5.74) is 27.8. The Morgan fingerprint density at radius 3 is 0.433 bits per heavy atom. The van der Waals surface area contributed by atoms with Gasteiger partial charge in [0.25, 0.3) is 0 Å². The van der Waals surface area contributed by atoms with E-state index in [-0.39, 0.29) is 6.61 Å². The molecule has 588 valence electrons. The number of hydrogen-bond donors (Lipinski definition) is 3. The van der Waals surface area contributed by atoms with Crippen LogP contribution in [0.3, 0.4) is 0 Å². The normalized spacial score (nSPS) is 15.8. The predicted octanol–water partition coefficient (Wildman–Crippen LogP) is 32.3. The van der Waals surface area contributed by atoms with E-state index >= 15 is 0 Å². The Bertz CT molecular complexity index is 3170. The molecule has 0 radical (unpaired) electrons. The third kappa shape index (κ3) is 66.7. The van der Waals surface area contributed by atoms with E-state index in [9.17, 15) is 14.0 Å². The Hall–Kier alpha value is -4.68. The van der Waals surface area contributed by atoms with Crippen molar-refractivity contribution in [1.82, 2.24) is 0 Å². The molecule has 0 rings (SSSR count). The van der Waals surface area contributed by atoms with Crippen molar-refractivity contribution in [2.24, 2.45) is 0 Å². The van der Waals surface area contributed by atoms with E-state index in [0.29, 0.717) is 0 Å². The maximum absolute atomic E-state index is 11.6. The van der Waals surface area contributed by atoms with Crippen molar-refractivity contribution in [2.45, 2.75) is 370 Å². The van der Waals surface area contributed by atoms with Crippen molar-refractivity contribution >= 4 is 15.6 Å². The highest BCUT2D eigenvalue weighted by Crippen LogP contribution is 2.57. The van der Waals surface area contributed by atoms with Gasteiger partial charge in [-0.15, -0.1) is 0 Å². The highest BCUT2D eigenvalue weighted by atomic mass is 31.3. The fraction of sp³-hybridized carbons (Fsp3) is 0.600. The summed E-state index contributed by atoms with van der Waals surface area (Å²) in [5, 5.41) is 0. The van der Waals surface area contributed by atoms with Crippen LogP contribution in [0.15, 0.2) is 221 Å². The Morgan fingerprint density at radius 2 is 0.317 bits per heavy atom. The average molecular weight is 1470 g/mol. The molecule has 0 fully saturated rings. The van der Waals surface area contributed by atoms with Crippen LogP contribution in [0.4, 0.5) is 0 Å². The maximum atomic E-state index is 11.6. The molecule has 1 unspecified atom stereocenters.